The van der Waals surface area contributed by atoms with Crippen molar-refractivity contribution >= 4 is 63.4 Å². The number of fused-ring (bicyclic) bond motifs is 1. The van der Waals surface area contributed by atoms with E-state index < -0.39 is 0 Å². The Hall–Kier alpha value is -5.24. The van der Waals surface area contributed by atoms with E-state index in [0.29, 0.717) is 29.3 Å². The zero-order chi connectivity index (χ0) is 42.2. The van der Waals surface area contributed by atoms with Crippen LogP contribution in [0.4, 0.5) is 44.6 Å². The van der Waals surface area contributed by atoms with E-state index in [-0.39, 0.29) is 5.82 Å². The molecule has 3 saturated heterocycles. The number of para-hydroxylation sites is 1. The first-order chi connectivity index (χ1) is 30.4. The normalized spacial score (nSPS) is 20.0. The van der Waals surface area contributed by atoms with E-state index >= 15 is 4.39 Å². The SMILES string of the molecule is C=CNC(=C)C(CCC)c1ccc(N2CCC(CCN3CCN(C4CCN(c5ccc(Nc6nc(N7SN8CCc9cccc7c98)c7cc[nH]c7n6)cc5F)CC4)CC3)C2)cc1. The van der Waals surface area contributed by atoms with Gasteiger partial charge in [-0.05, 0) is 111 Å². The first kappa shape index (κ1) is 40.8. The highest BCUT2D eigenvalue weighted by atomic mass is 32.2. The van der Waals surface area contributed by atoms with Gasteiger partial charge in [0, 0.05) is 94.1 Å². The first-order valence-corrected chi connectivity index (χ1v) is 23.6. The molecule has 0 radical (unpaired) electrons. The van der Waals surface area contributed by atoms with E-state index in [1.165, 1.54) is 41.9 Å². The number of H-pyrrole nitrogens is 1. The second-order valence-electron chi connectivity index (χ2n) is 17.7. The maximum absolute atomic E-state index is 15.8. The summed E-state index contributed by atoms with van der Waals surface area (Å²) >= 11 is 1.67. The van der Waals surface area contributed by atoms with Crippen LogP contribution in [0.2, 0.25) is 0 Å². The third kappa shape index (κ3) is 8.22. The van der Waals surface area contributed by atoms with E-state index in [9.17, 15) is 0 Å². The molecule has 13 heteroatoms. The number of nitrogens with zero attached hydrogens (tertiary/aromatic N) is 8. The fourth-order valence-corrected chi connectivity index (χ4v) is 11.6. The summed E-state index contributed by atoms with van der Waals surface area (Å²) in [5, 5.41) is 7.48. The topological polar surface area (TPSA) is 85.1 Å². The van der Waals surface area contributed by atoms with Crippen LogP contribution in [0.3, 0.4) is 0 Å². The van der Waals surface area contributed by atoms with Gasteiger partial charge >= 0.3 is 0 Å². The molecule has 7 heterocycles. The molecule has 3 fully saturated rings. The molecule has 2 aromatic heterocycles. The summed E-state index contributed by atoms with van der Waals surface area (Å²) in [4.78, 5) is 23.2. The van der Waals surface area contributed by atoms with E-state index in [1.807, 2.05) is 24.4 Å². The van der Waals surface area contributed by atoms with Crippen LogP contribution >= 0.6 is 12.1 Å². The zero-order valence-electron chi connectivity index (χ0n) is 36.0. The molecular formula is C49H60FN11S. The monoisotopic (exact) mass is 853 g/mol. The molecule has 0 amide bonds. The van der Waals surface area contributed by atoms with Gasteiger partial charge < -0.3 is 30.3 Å². The van der Waals surface area contributed by atoms with Gasteiger partial charge in [0.2, 0.25) is 5.95 Å². The number of rotatable bonds is 15. The summed E-state index contributed by atoms with van der Waals surface area (Å²) in [5.74, 6) is 2.07. The Morgan fingerprint density at radius 1 is 0.935 bits per heavy atom. The predicted molar refractivity (Wildman–Crippen MR) is 256 cm³/mol. The van der Waals surface area contributed by atoms with Gasteiger partial charge in [0.15, 0.2) is 5.82 Å². The molecule has 0 bridgehead atoms. The Morgan fingerprint density at radius 3 is 2.55 bits per heavy atom. The number of halogens is 1. The number of nitrogens with one attached hydrogen (secondary N) is 3. The number of hydrogen-bond donors (Lipinski definition) is 3. The van der Waals surface area contributed by atoms with Crippen LogP contribution in [0.15, 0.2) is 98.0 Å². The summed E-state index contributed by atoms with van der Waals surface area (Å²) < 4.78 is 20.4. The van der Waals surface area contributed by atoms with Crippen molar-refractivity contribution in [2.24, 2.45) is 5.92 Å². The Bertz CT molecular complexity index is 2390. The molecule has 11 nitrogen and oxygen atoms in total. The molecule has 3 aromatic carbocycles. The smallest absolute Gasteiger partial charge is 0.231 e. The summed E-state index contributed by atoms with van der Waals surface area (Å²) in [6, 6.07) is 23.7. The average molecular weight is 854 g/mol. The Morgan fingerprint density at radius 2 is 1.76 bits per heavy atom. The molecule has 5 aliphatic heterocycles. The van der Waals surface area contributed by atoms with Gasteiger partial charge in [-0.2, -0.15) is 9.97 Å². The Labute approximate surface area is 370 Å². The number of allylic oxidation sites excluding steroid dienone is 1. The van der Waals surface area contributed by atoms with Crippen LogP contribution in [-0.2, 0) is 6.42 Å². The van der Waals surface area contributed by atoms with E-state index in [0.717, 1.165) is 125 Å². The molecule has 5 aromatic rings. The second-order valence-corrected chi connectivity index (χ2v) is 18.7. The average Bonchev–Trinajstić information content (AvgIpc) is 4.13. The first-order valence-electron chi connectivity index (χ1n) is 22.8. The predicted octanol–water partition coefficient (Wildman–Crippen LogP) is 9.55. The standard InChI is InChI=1S/C49H60FN11S/c1-4-7-41(34(3)51-5-2)36-10-13-39(14-11-36)59-24-18-35(33-59)17-23-56-28-30-57(31-29-56)40-20-25-58(26-21-40)44-15-12-38(32-43(44)50)53-49-54-47-42(16-22-52-47)48(55-49)61-45-9-6-8-37-19-27-60(62-61)46(37)45/h5-6,8-16,22,32,35,40-41,51H,2-4,7,17-21,23-31,33H2,1H3,(H2,52,53,54,55). The fourth-order valence-electron chi connectivity index (χ4n) is 10.5. The van der Waals surface area contributed by atoms with Crippen LogP contribution in [0.25, 0.3) is 11.0 Å². The van der Waals surface area contributed by atoms with Crippen LogP contribution in [0.5, 0.6) is 0 Å². The van der Waals surface area contributed by atoms with Crippen molar-refractivity contribution in [1.82, 2.24) is 30.1 Å². The van der Waals surface area contributed by atoms with Gasteiger partial charge in [0.05, 0.1) is 34.6 Å². The molecule has 2 atom stereocenters. The highest BCUT2D eigenvalue weighted by Gasteiger charge is 2.36. The lowest BCUT2D eigenvalue weighted by atomic mass is 9.91. The second kappa shape index (κ2) is 17.9. The molecule has 3 N–H and O–H groups in total. The molecule has 324 valence electrons. The van der Waals surface area contributed by atoms with Crippen LogP contribution in [0, 0.1) is 11.7 Å². The van der Waals surface area contributed by atoms with Crippen molar-refractivity contribution in [2.45, 2.75) is 63.8 Å². The molecular weight excluding hydrogens is 794 g/mol. The fraction of sp³-hybridized carbons (Fsp3) is 0.429. The van der Waals surface area contributed by atoms with Crippen LogP contribution in [-0.4, -0.2) is 96.2 Å². The van der Waals surface area contributed by atoms with Crippen LogP contribution < -0.4 is 29.0 Å². The van der Waals surface area contributed by atoms with Gasteiger partial charge in [0.25, 0.3) is 0 Å². The minimum atomic E-state index is -0.222. The van der Waals surface area contributed by atoms with E-state index in [4.69, 9.17) is 9.97 Å². The maximum Gasteiger partial charge on any atom is 0.231 e. The summed E-state index contributed by atoms with van der Waals surface area (Å²) in [7, 11) is 0. The van der Waals surface area contributed by atoms with Gasteiger partial charge in [-0.1, -0.05) is 50.8 Å². The number of hydrogen-bond acceptors (Lipinski definition) is 11. The maximum atomic E-state index is 15.8. The lowest BCUT2D eigenvalue weighted by molar-refractivity contribution is 0.0821. The summed E-state index contributed by atoms with van der Waals surface area (Å²) in [6.45, 7) is 21.0. The van der Waals surface area contributed by atoms with Gasteiger partial charge in [-0.25, -0.2) is 8.70 Å². The largest absolute Gasteiger partial charge is 0.371 e. The van der Waals surface area contributed by atoms with Crippen LogP contribution in [0.1, 0.15) is 62.5 Å². The van der Waals surface area contributed by atoms with Crippen molar-refractivity contribution < 1.29 is 4.39 Å². The molecule has 5 aliphatic rings. The Balaban J connectivity index is 0.681. The molecule has 0 spiro atoms. The lowest BCUT2D eigenvalue weighted by Gasteiger charge is -2.43. The quantitative estimate of drug-likeness (QED) is 0.0882. The Kier molecular flexibility index (Phi) is 11.8. The number of benzene rings is 3. The lowest BCUT2D eigenvalue weighted by Crippen LogP contribution is -2.53. The van der Waals surface area contributed by atoms with Gasteiger partial charge in [0.1, 0.15) is 11.5 Å². The van der Waals surface area contributed by atoms with E-state index in [1.54, 1.807) is 24.4 Å². The van der Waals surface area contributed by atoms with Gasteiger partial charge in [-0.15, -0.1) is 0 Å². The number of piperidine rings is 1. The highest BCUT2D eigenvalue weighted by molar-refractivity contribution is 8.02. The zero-order valence-corrected chi connectivity index (χ0v) is 36.9. The molecule has 2 unspecified atom stereocenters. The molecule has 0 saturated carbocycles. The number of aromatic amines is 1. The summed E-state index contributed by atoms with van der Waals surface area (Å²) in [5.41, 5.74) is 9.50. The molecule has 10 rings (SSSR count). The molecule has 0 aliphatic carbocycles. The van der Waals surface area contributed by atoms with E-state index in [2.05, 4.69) is 106 Å². The number of piperazine rings is 1. The van der Waals surface area contributed by atoms with Crippen molar-refractivity contribution in [3.05, 3.63) is 115 Å². The minimum Gasteiger partial charge on any atom is -0.371 e. The van der Waals surface area contributed by atoms with Crippen molar-refractivity contribution in [3.8, 4) is 0 Å². The number of anilines is 7. The van der Waals surface area contributed by atoms with Crippen molar-refractivity contribution in [2.75, 3.05) is 89.2 Å². The minimum absolute atomic E-state index is 0.222. The number of aromatic nitrogens is 3. The van der Waals surface area contributed by atoms with Gasteiger partial charge in [-0.3, -0.25) is 9.21 Å². The third-order valence-electron chi connectivity index (χ3n) is 13.9. The third-order valence-corrected chi connectivity index (χ3v) is 15.0. The highest BCUT2D eigenvalue weighted by Crippen LogP contribution is 2.54. The van der Waals surface area contributed by atoms with Crippen molar-refractivity contribution in [3.63, 3.8) is 0 Å². The van der Waals surface area contributed by atoms with Crippen molar-refractivity contribution in [1.29, 1.82) is 0 Å². The summed E-state index contributed by atoms with van der Waals surface area (Å²) in [6.07, 6.45) is 11.5. The molecule has 62 heavy (non-hydrogen) atoms.